The van der Waals surface area contributed by atoms with E-state index in [4.69, 9.17) is 0 Å². The van der Waals surface area contributed by atoms with Crippen molar-refractivity contribution in [1.82, 2.24) is 0 Å². The van der Waals surface area contributed by atoms with Crippen LogP contribution in [0, 0.1) is 18.8 Å². The molecule has 31 heavy (non-hydrogen) atoms. The molecule has 1 heterocycles. The van der Waals surface area contributed by atoms with Crippen LogP contribution in [0.15, 0.2) is 36.4 Å². The summed E-state index contributed by atoms with van der Waals surface area (Å²) < 4.78 is 0. The molecule has 0 spiro atoms. The lowest BCUT2D eigenvalue weighted by molar-refractivity contribution is -0.146. The first-order valence-corrected chi connectivity index (χ1v) is 11.5. The van der Waals surface area contributed by atoms with Crippen LogP contribution in [0.2, 0.25) is 0 Å². The van der Waals surface area contributed by atoms with Gasteiger partial charge in [-0.2, -0.15) is 0 Å². The number of hydrogen-bond donors (Lipinski definition) is 3. The Labute approximate surface area is 185 Å². The third-order valence-corrected chi connectivity index (χ3v) is 7.24. The highest BCUT2D eigenvalue weighted by Gasteiger charge is 2.35. The van der Waals surface area contributed by atoms with Gasteiger partial charge in [-0.05, 0) is 63.1 Å². The van der Waals surface area contributed by atoms with Gasteiger partial charge < -0.3 is 15.7 Å². The highest BCUT2D eigenvalue weighted by atomic mass is 32.1. The summed E-state index contributed by atoms with van der Waals surface area (Å²) in [6.45, 7) is 1.99. The summed E-state index contributed by atoms with van der Waals surface area (Å²) in [5, 5.41) is 15.9. The van der Waals surface area contributed by atoms with Crippen molar-refractivity contribution in [3.8, 4) is 0 Å². The van der Waals surface area contributed by atoms with E-state index in [0.29, 0.717) is 29.1 Å². The summed E-state index contributed by atoms with van der Waals surface area (Å²) >= 11 is 1.45. The topological polar surface area (TPSA) is 95.5 Å². The van der Waals surface area contributed by atoms with Crippen molar-refractivity contribution in [3.63, 3.8) is 0 Å². The Morgan fingerprint density at radius 2 is 1.65 bits per heavy atom. The van der Waals surface area contributed by atoms with Crippen LogP contribution in [0.3, 0.4) is 0 Å². The number of hydrogen-bond acceptors (Lipinski definition) is 4. The van der Waals surface area contributed by atoms with Gasteiger partial charge in [0.25, 0.3) is 5.91 Å². The average Bonchev–Trinajstić information content (AvgIpc) is 3.13. The van der Waals surface area contributed by atoms with E-state index < -0.39 is 17.8 Å². The molecule has 7 heteroatoms. The number of aryl methyl sites for hydroxylation is 2. The molecule has 1 aromatic heterocycles. The number of carbonyl (C=O) groups is 3. The Hall–Kier alpha value is -2.93. The molecule has 2 amide bonds. The third kappa shape index (κ3) is 4.56. The van der Waals surface area contributed by atoms with Crippen molar-refractivity contribution >= 4 is 39.8 Å². The summed E-state index contributed by atoms with van der Waals surface area (Å²) in [6, 6.07) is 7.58. The number of fused-ring (bicyclic) bond motifs is 1. The highest BCUT2D eigenvalue weighted by Crippen LogP contribution is 2.39. The molecule has 0 bridgehead atoms. The Bertz CT molecular complexity index is 1040. The van der Waals surface area contributed by atoms with Crippen molar-refractivity contribution in [2.45, 2.75) is 45.4 Å². The molecule has 2 atom stereocenters. The molecule has 3 N–H and O–H groups in total. The third-order valence-electron chi connectivity index (χ3n) is 6.03. The first kappa shape index (κ1) is 21.3. The minimum absolute atomic E-state index is 0.239. The van der Waals surface area contributed by atoms with E-state index in [-0.39, 0.29) is 11.8 Å². The van der Waals surface area contributed by atoms with Gasteiger partial charge in [0.1, 0.15) is 5.00 Å². The Kier molecular flexibility index (Phi) is 6.23. The summed E-state index contributed by atoms with van der Waals surface area (Å²) in [4.78, 5) is 39.0. The van der Waals surface area contributed by atoms with Crippen molar-refractivity contribution in [1.29, 1.82) is 0 Å². The number of carboxylic acids is 1. The van der Waals surface area contributed by atoms with Crippen LogP contribution in [-0.2, 0) is 22.4 Å². The minimum atomic E-state index is -0.965. The van der Waals surface area contributed by atoms with Crippen LogP contribution in [0.4, 0.5) is 10.7 Å². The predicted octanol–water partition coefficient (Wildman–Crippen LogP) is 4.79. The SMILES string of the molecule is Cc1ccc(NC(=O)c2c(NC(=O)[C@H]3CC=CC[C@H]3C(=O)O)sc3c2CCCC3)cc1. The number of rotatable bonds is 5. The summed E-state index contributed by atoms with van der Waals surface area (Å²) in [5.41, 5.74) is 3.33. The number of anilines is 2. The fourth-order valence-corrected chi connectivity index (χ4v) is 5.60. The van der Waals surface area contributed by atoms with Crippen LogP contribution in [0.25, 0.3) is 0 Å². The summed E-state index contributed by atoms with van der Waals surface area (Å²) in [6.07, 6.45) is 8.17. The number of carboxylic acid groups (broad SMARTS) is 1. The number of aliphatic carboxylic acids is 1. The van der Waals surface area contributed by atoms with E-state index in [1.54, 1.807) is 0 Å². The summed E-state index contributed by atoms with van der Waals surface area (Å²) in [5.74, 6) is -2.93. The Balaban J connectivity index is 1.61. The number of thiophene rings is 1. The smallest absolute Gasteiger partial charge is 0.307 e. The van der Waals surface area contributed by atoms with Crippen LogP contribution in [0.1, 0.15) is 52.0 Å². The largest absolute Gasteiger partial charge is 0.481 e. The van der Waals surface area contributed by atoms with Crippen molar-refractivity contribution < 1.29 is 19.5 Å². The molecule has 2 aliphatic carbocycles. The molecular weight excluding hydrogens is 412 g/mol. The molecule has 0 aliphatic heterocycles. The molecule has 0 unspecified atom stereocenters. The zero-order valence-electron chi connectivity index (χ0n) is 17.4. The van der Waals surface area contributed by atoms with Gasteiger partial charge in [-0.1, -0.05) is 29.8 Å². The molecule has 1 aromatic carbocycles. The van der Waals surface area contributed by atoms with Crippen LogP contribution in [-0.4, -0.2) is 22.9 Å². The molecule has 4 rings (SSSR count). The quantitative estimate of drug-likeness (QED) is 0.585. The van der Waals surface area contributed by atoms with Gasteiger partial charge in [0.15, 0.2) is 0 Å². The molecule has 0 saturated carbocycles. The molecule has 6 nitrogen and oxygen atoms in total. The number of allylic oxidation sites excluding steroid dienone is 2. The number of amides is 2. The van der Waals surface area contributed by atoms with E-state index in [9.17, 15) is 19.5 Å². The maximum absolute atomic E-state index is 13.2. The van der Waals surface area contributed by atoms with Gasteiger partial charge in [-0.15, -0.1) is 11.3 Å². The van der Waals surface area contributed by atoms with E-state index in [0.717, 1.165) is 41.7 Å². The highest BCUT2D eigenvalue weighted by molar-refractivity contribution is 7.17. The second kappa shape index (κ2) is 9.06. The molecule has 0 radical (unpaired) electrons. The van der Waals surface area contributed by atoms with Gasteiger partial charge in [0.05, 0.1) is 17.4 Å². The van der Waals surface area contributed by atoms with E-state index in [2.05, 4.69) is 10.6 Å². The zero-order valence-corrected chi connectivity index (χ0v) is 18.3. The van der Waals surface area contributed by atoms with Gasteiger partial charge in [-0.25, -0.2) is 0 Å². The lowest BCUT2D eigenvalue weighted by atomic mass is 9.82. The zero-order chi connectivity index (χ0) is 22.0. The van der Waals surface area contributed by atoms with Gasteiger partial charge in [0.2, 0.25) is 5.91 Å². The normalized spacial score (nSPS) is 20.0. The van der Waals surface area contributed by atoms with E-state index in [1.165, 1.54) is 11.3 Å². The number of carbonyl (C=O) groups excluding carboxylic acids is 2. The van der Waals surface area contributed by atoms with Crippen molar-refractivity contribution in [2.75, 3.05) is 10.6 Å². The fourth-order valence-electron chi connectivity index (χ4n) is 4.31. The lowest BCUT2D eigenvalue weighted by Crippen LogP contribution is -2.35. The Morgan fingerprint density at radius 1 is 0.968 bits per heavy atom. The predicted molar refractivity (Wildman–Crippen MR) is 122 cm³/mol. The van der Waals surface area contributed by atoms with Crippen LogP contribution < -0.4 is 10.6 Å². The lowest BCUT2D eigenvalue weighted by Gasteiger charge is -2.24. The Morgan fingerprint density at radius 3 is 2.35 bits per heavy atom. The second-order valence-electron chi connectivity index (χ2n) is 8.22. The van der Waals surface area contributed by atoms with E-state index >= 15 is 0 Å². The maximum Gasteiger partial charge on any atom is 0.307 e. The monoisotopic (exact) mass is 438 g/mol. The molecule has 0 fully saturated rings. The number of nitrogens with one attached hydrogen (secondary N) is 2. The average molecular weight is 439 g/mol. The van der Waals surface area contributed by atoms with Crippen molar-refractivity contribution in [3.05, 3.63) is 58.0 Å². The second-order valence-corrected chi connectivity index (χ2v) is 9.32. The van der Waals surface area contributed by atoms with Crippen LogP contribution in [0.5, 0.6) is 0 Å². The number of benzene rings is 1. The first-order valence-electron chi connectivity index (χ1n) is 10.6. The van der Waals surface area contributed by atoms with Crippen LogP contribution >= 0.6 is 11.3 Å². The molecule has 2 aromatic rings. The summed E-state index contributed by atoms with van der Waals surface area (Å²) in [7, 11) is 0. The standard InChI is InChI=1S/C24H26N2O4S/c1-14-10-12-15(13-11-14)25-22(28)20-18-8-4-5-9-19(18)31-23(20)26-21(27)16-6-2-3-7-17(16)24(29)30/h2-3,10-13,16-17H,4-9H2,1H3,(H,25,28)(H,26,27)(H,29,30)/t16-,17+/m0/s1. The fraction of sp³-hybridized carbons (Fsp3) is 0.375. The molecule has 2 aliphatic rings. The van der Waals surface area contributed by atoms with E-state index in [1.807, 2.05) is 43.3 Å². The van der Waals surface area contributed by atoms with Crippen molar-refractivity contribution in [2.24, 2.45) is 11.8 Å². The van der Waals surface area contributed by atoms with Gasteiger partial charge in [-0.3, -0.25) is 14.4 Å². The molecular formula is C24H26N2O4S. The molecule has 0 saturated heterocycles. The van der Waals surface area contributed by atoms with Gasteiger partial charge >= 0.3 is 5.97 Å². The first-order chi connectivity index (χ1) is 14.9. The maximum atomic E-state index is 13.2. The minimum Gasteiger partial charge on any atom is -0.481 e. The van der Waals surface area contributed by atoms with Gasteiger partial charge in [0, 0.05) is 10.6 Å². The molecule has 162 valence electrons.